The Balaban J connectivity index is 1.25. The third-order valence-corrected chi connectivity index (χ3v) is 6.03. The fourth-order valence-electron chi connectivity index (χ4n) is 4.00. The molecule has 36 heavy (non-hydrogen) atoms. The molecule has 1 aliphatic rings. The standard InChI is InChI=1S/C27H25N5O4/c33-25-24(28-19-29-26(25)34)18-31-11-12-32(27(31)35)23-9-7-21(8-10-23)2-1-20-3-5-22(6-4-20)17-30-13-15-36-16-14-30/h3-12,19,33H,13-18H2,(H,28,29,34). The van der Waals surface area contributed by atoms with Gasteiger partial charge in [0, 0.05) is 43.2 Å². The van der Waals surface area contributed by atoms with Crippen molar-refractivity contribution in [1.29, 1.82) is 0 Å². The molecule has 182 valence electrons. The van der Waals surface area contributed by atoms with E-state index < -0.39 is 11.3 Å². The number of hydrogen-bond donors (Lipinski definition) is 2. The SMILES string of the molecule is O=c1[nH]cnc(Cn2ccn(-c3ccc(C#Cc4ccc(CN5CCOCC5)cc4)cc3)c2=O)c1O. The zero-order valence-corrected chi connectivity index (χ0v) is 19.6. The van der Waals surface area contributed by atoms with Gasteiger partial charge in [-0.1, -0.05) is 24.0 Å². The minimum atomic E-state index is -0.645. The number of benzene rings is 2. The number of aromatic nitrogens is 4. The van der Waals surface area contributed by atoms with Crippen molar-refractivity contribution in [2.24, 2.45) is 0 Å². The van der Waals surface area contributed by atoms with Gasteiger partial charge in [0.2, 0.25) is 5.75 Å². The zero-order chi connectivity index (χ0) is 24.9. The first-order chi connectivity index (χ1) is 17.6. The summed E-state index contributed by atoms with van der Waals surface area (Å²) < 4.78 is 8.25. The van der Waals surface area contributed by atoms with Gasteiger partial charge in [-0.05, 0) is 42.0 Å². The lowest BCUT2D eigenvalue weighted by molar-refractivity contribution is 0.0342. The molecule has 2 N–H and O–H groups in total. The van der Waals surface area contributed by atoms with E-state index >= 15 is 0 Å². The average Bonchev–Trinajstić information content (AvgIpc) is 3.27. The van der Waals surface area contributed by atoms with Crippen molar-refractivity contribution in [1.82, 2.24) is 24.0 Å². The molecule has 0 saturated carbocycles. The second-order valence-corrected chi connectivity index (χ2v) is 8.49. The van der Waals surface area contributed by atoms with Crippen LogP contribution in [-0.2, 0) is 17.8 Å². The van der Waals surface area contributed by atoms with Crippen LogP contribution in [0.1, 0.15) is 22.4 Å². The van der Waals surface area contributed by atoms with E-state index in [2.05, 4.69) is 38.8 Å². The molecule has 1 saturated heterocycles. The number of aromatic amines is 1. The predicted molar refractivity (Wildman–Crippen MR) is 134 cm³/mol. The van der Waals surface area contributed by atoms with E-state index in [4.69, 9.17) is 4.74 Å². The van der Waals surface area contributed by atoms with Crippen LogP contribution in [0.2, 0.25) is 0 Å². The smallest absolute Gasteiger partial charge is 0.333 e. The predicted octanol–water partition coefficient (Wildman–Crippen LogP) is 1.71. The van der Waals surface area contributed by atoms with Crippen LogP contribution < -0.4 is 11.2 Å². The zero-order valence-electron chi connectivity index (χ0n) is 19.6. The van der Waals surface area contributed by atoms with Gasteiger partial charge in [-0.3, -0.25) is 18.8 Å². The summed E-state index contributed by atoms with van der Waals surface area (Å²) in [6.45, 7) is 4.41. The minimum Gasteiger partial charge on any atom is -0.502 e. The Hall–Kier alpha value is -4.39. The van der Waals surface area contributed by atoms with Gasteiger partial charge in [-0.25, -0.2) is 9.78 Å². The highest BCUT2D eigenvalue weighted by atomic mass is 16.5. The van der Waals surface area contributed by atoms with E-state index in [9.17, 15) is 14.7 Å². The molecular formula is C27H25N5O4. The molecule has 0 bridgehead atoms. The molecule has 0 aliphatic carbocycles. The number of nitrogens with zero attached hydrogens (tertiary/aromatic N) is 4. The van der Waals surface area contributed by atoms with E-state index in [-0.39, 0.29) is 17.9 Å². The molecule has 0 amide bonds. The topological polar surface area (TPSA) is 105 Å². The summed E-state index contributed by atoms with van der Waals surface area (Å²) >= 11 is 0. The summed E-state index contributed by atoms with van der Waals surface area (Å²) in [5.41, 5.74) is 2.88. The van der Waals surface area contributed by atoms with Crippen molar-refractivity contribution in [3.63, 3.8) is 0 Å². The van der Waals surface area contributed by atoms with Crippen LogP contribution in [0.3, 0.4) is 0 Å². The molecule has 4 aromatic rings. The van der Waals surface area contributed by atoms with Crippen molar-refractivity contribution >= 4 is 0 Å². The van der Waals surface area contributed by atoms with Gasteiger partial charge in [0.05, 0.1) is 31.8 Å². The number of H-pyrrole nitrogens is 1. The fraction of sp³-hybridized carbons (Fsp3) is 0.222. The van der Waals surface area contributed by atoms with Crippen LogP contribution in [0.4, 0.5) is 0 Å². The highest BCUT2D eigenvalue weighted by molar-refractivity contribution is 5.46. The molecular weight excluding hydrogens is 458 g/mol. The monoisotopic (exact) mass is 483 g/mol. The fourth-order valence-corrected chi connectivity index (χ4v) is 4.00. The third-order valence-electron chi connectivity index (χ3n) is 6.03. The molecule has 0 atom stereocenters. The van der Waals surface area contributed by atoms with Crippen molar-refractivity contribution in [2.45, 2.75) is 13.1 Å². The first kappa shape index (κ1) is 23.4. The van der Waals surface area contributed by atoms with E-state index in [0.29, 0.717) is 5.69 Å². The Morgan fingerprint density at radius 1 is 0.917 bits per heavy atom. The van der Waals surface area contributed by atoms with Crippen LogP contribution in [-0.4, -0.2) is 55.4 Å². The molecule has 3 heterocycles. The number of ether oxygens (including phenoxy) is 1. The number of morpholine rings is 1. The summed E-state index contributed by atoms with van der Waals surface area (Å²) in [5.74, 6) is 5.86. The Morgan fingerprint density at radius 3 is 2.28 bits per heavy atom. The largest absolute Gasteiger partial charge is 0.502 e. The molecule has 1 aliphatic heterocycles. The van der Waals surface area contributed by atoms with Gasteiger partial charge in [0.1, 0.15) is 5.69 Å². The lowest BCUT2D eigenvalue weighted by Crippen LogP contribution is -2.35. The number of imidazole rings is 1. The molecule has 2 aromatic carbocycles. The van der Waals surface area contributed by atoms with E-state index in [1.54, 1.807) is 12.4 Å². The third kappa shape index (κ3) is 5.30. The Morgan fingerprint density at radius 2 is 1.58 bits per heavy atom. The average molecular weight is 484 g/mol. The van der Waals surface area contributed by atoms with Crippen molar-refractivity contribution < 1.29 is 9.84 Å². The van der Waals surface area contributed by atoms with E-state index in [1.165, 1.54) is 21.0 Å². The molecule has 1 fully saturated rings. The van der Waals surface area contributed by atoms with Crippen LogP contribution in [0.5, 0.6) is 5.75 Å². The first-order valence-corrected chi connectivity index (χ1v) is 11.6. The second kappa shape index (κ2) is 10.5. The summed E-state index contributed by atoms with van der Waals surface area (Å²) in [7, 11) is 0. The van der Waals surface area contributed by atoms with Crippen molar-refractivity contribution in [3.8, 4) is 23.3 Å². The van der Waals surface area contributed by atoms with Crippen LogP contribution in [0.25, 0.3) is 5.69 Å². The van der Waals surface area contributed by atoms with E-state index in [0.717, 1.165) is 44.0 Å². The maximum atomic E-state index is 12.8. The van der Waals surface area contributed by atoms with Crippen molar-refractivity contribution in [3.05, 3.63) is 110 Å². The van der Waals surface area contributed by atoms with Gasteiger partial charge in [-0.2, -0.15) is 0 Å². The molecule has 9 nitrogen and oxygen atoms in total. The lowest BCUT2D eigenvalue weighted by atomic mass is 10.1. The van der Waals surface area contributed by atoms with Crippen LogP contribution in [0, 0.1) is 11.8 Å². The van der Waals surface area contributed by atoms with Gasteiger partial charge in [0.15, 0.2) is 0 Å². The molecule has 2 aromatic heterocycles. The molecule has 5 rings (SSSR count). The summed E-state index contributed by atoms with van der Waals surface area (Å²) in [6.07, 6.45) is 4.41. The summed E-state index contributed by atoms with van der Waals surface area (Å²) in [6, 6.07) is 15.7. The highest BCUT2D eigenvalue weighted by Gasteiger charge is 2.12. The number of aromatic hydroxyl groups is 1. The lowest BCUT2D eigenvalue weighted by Gasteiger charge is -2.26. The van der Waals surface area contributed by atoms with Crippen LogP contribution >= 0.6 is 0 Å². The van der Waals surface area contributed by atoms with Gasteiger partial charge < -0.3 is 14.8 Å². The number of hydrogen-bond acceptors (Lipinski definition) is 6. The minimum absolute atomic E-state index is 0.0175. The summed E-state index contributed by atoms with van der Waals surface area (Å²) in [5, 5.41) is 9.87. The van der Waals surface area contributed by atoms with Gasteiger partial charge >= 0.3 is 5.69 Å². The molecule has 0 radical (unpaired) electrons. The Labute approximate surface area is 207 Å². The van der Waals surface area contributed by atoms with Gasteiger partial charge in [-0.15, -0.1) is 0 Å². The maximum absolute atomic E-state index is 12.8. The van der Waals surface area contributed by atoms with E-state index in [1.807, 2.05) is 36.4 Å². The Kier molecular flexibility index (Phi) is 6.80. The first-order valence-electron chi connectivity index (χ1n) is 11.6. The summed E-state index contributed by atoms with van der Waals surface area (Å²) in [4.78, 5) is 33.0. The molecule has 9 heteroatoms. The quantitative estimate of drug-likeness (QED) is 0.419. The number of nitrogens with one attached hydrogen (secondary N) is 1. The Bertz CT molecular complexity index is 1520. The molecule has 0 unspecified atom stereocenters. The second-order valence-electron chi connectivity index (χ2n) is 8.49. The molecule has 0 spiro atoms. The van der Waals surface area contributed by atoms with Crippen molar-refractivity contribution in [2.75, 3.05) is 26.3 Å². The number of rotatable bonds is 5. The van der Waals surface area contributed by atoms with Crippen LogP contribution in [0.15, 0.2) is 76.8 Å². The van der Waals surface area contributed by atoms with Gasteiger partial charge in [0.25, 0.3) is 5.56 Å². The highest BCUT2D eigenvalue weighted by Crippen LogP contribution is 2.11. The maximum Gasteiger partial charge on any atom is 0.333 e. The normalized spacial score (nSPS) is 13.8.